The van der Waals surface area contributed by atoms with Gasteiger partial charge in [-0.05, 0) is 37.3 Å². The number of rotatable bonds is 6. The van der Waals surface area contributed by atoms with Crippen LogP contribution in [0.5, 0.6) is 0 Å². The molecule has 0 aliphatic carbocycles. The largest absolute Gasteiger partial charge is 0.279 e. The fourth-order valence-corrected chi connectivity index (χ4v) is 3.40. The summed E-state index contributed by atoms with van der Waals surface area (Å²) in [6, 6.07) is 23.3. The molecule has 2 N–H and O–H groups in total. The maximum Gasteiger partial charge on any atom is 0.261 e. The van der Waals surface area contributed by atoms with Gasteiger partial charge in [0.25, 0.3) is 10.0 Å². The third-order valence-electron chi connectivity index (χ3n) is 3.71. The van der Waals surface area contributed by atoms with Gasteiger partial charge >= 0.3 is 0 Å². The summed E-state index contributed by atoms with van der Waals surface area (Å²) in [4.78, 5) is 0.220. The van der Waals surface area contributed by atoms with Crippen molar-refractivity contribution in [3.8, 4) is 0 Å². The molecule has 0 spiro atoms. The Kier molecular flexibility index (Phi) is 5.34. The summed E-state index contributed by atoms with van der Waals surface area (Å²) < 4.78 is 27.8. The van der Waals surface area contributed by atoms with Crippen molar-refractivity contribution < 1.29 is 8.42 Å². The van der Waals surface area contributed by atoms with E-state index in [1.165, 1.54) is 0 Å². The van der Waals surface area contributed by atoms with E-state index in [-0.39, 0.29) is 4.90 Å². The monoisotopic (exact) mass is 365 g/mol. The van der Waals surface area contributed by atoms with Gasteiger partial charge in [-0.3, -0.25) is 10.1 Å². The quantitative estimate of drug-likeness (QED) is 0.507. The van der Waals surface area contributed by atoms with Gasteiger partial charge in [0.2, 0.25) is 0 Å². The highest BCUT2D eigenvalue weighted by atomic mass is 32.2. The third kappa shape index (κ3) is 4.49. The first-order valence-corrected chi connectivity index (χ1v) is 9.55. The zero-order chi connectivity index (χ0) is 18.4. The second-order valence-corrected chi connectivity index (χ2v) is 7.42. The smallest absolute Gasteiger partial charge is 0.261 e. The molecule has 0 heterocycles. The first-order chi connectivity index (χ1) is 12.5. The van der Waals surface area contributed by atoms with E-state index < -0.39 is 10.0 Å². The summed E-state index contributed by atoms with van der Waals surface area (Å²) in [7, 11) is -3.66. The van der Waals surface area contributed by atoms with Crippen molar-refractivity contribution in [1.29, 1.82) is 0 Å². The van der Waals surface area contributed by atoms with Gasteiger partial charge in [-0.2, -0.15) is 5.10 Å². The van der Waals surface area contributed by atoms with Crippen LogP contribution in [0.15, 0.2) is 88.9 Å². The molecule has 0 amide bonds. The zero-order valence-corrected chi connectivity index (χ0v) is 15.1. The molecular weight excluding hydrogens is 346 g/mol. The van der Waals surface area contributed by atoms with Gasteiger partial charge in [-0.15, -0.1) is 0 Å². The fraction of sp³-hybridized carbons (Fsp3) is 0.0500. The molecule has 0 saturated heterocycles. The second-order valence-electron chi connectivity index (χ2n) is 5.74. The van der Waals surface area contributed by atoms with Crippen LogP contribution in [-0.4, -0.2) is 14.6 Å². The molecule has 0 unspecified atom stereocenters. The maximum atomic E-state index is 12.6. The zero-order valence-electron chi connectivity index (χ0n) is 14.3. The van der Waals surface area contributed by atoms with E-state index in [1.807, 2.05) is 43.3 Å². The maximum absolute atomic E-state index is 12.6. The molecule has 3 aromatic carbocycles. The molecule has 0 bridgehead atoms. The highest BCUT2D eigenvalue weighted by molar-refractivity contribution is 7.92. The lowest BCUT2D eigenvalue weighted by Gasteiger charge is -2.10. The first kappa shape index (κ1) is 17.7. The number of nitrogens with zero attached hydrogens (tertiary/aromatic N) is 1. The summed E-state index contributed by atoms with van der Waals surface area (Å²) >= 11 is 0. The fourth-order valence-electron chi connectivity index (χ4n) is 2.31. The van der Waals surface area contributed by atoms with Gasteiger partial charge in [0.15, 0.2) is 0 Å². The van der Waals surface area contributed by atoms with Gasteiger partial charge < -0.3 is 0 Å². The number of hydrogen-bond acceptors (Lipinski definition) is 4. The minimum Gasteiger partial charge on any atom is -0.279 e. The molecule has 0 saturated carbocycles. The Morgan fingerprint density at radius 1 is 0.846 bits per heavy atom. The molecule has 0 aromatic heterocycles. The van der Waals surface area contributed by atoms with E-state index in [4.69, 9.17) is 0 Å². The highest BCUT2D eigenvalue weighted by Crippen LogP contribution is 2.19. The molecule has 6 heteroatoms. The van der Waals surface area contributed by atoms with Gasteiger partial charge in [0, 0.05) is 5.56 Å². The minimum atomic E-state index is -3.66. The normalized spacial score (nSPS) is 11.4. The summed E-state index contributed by atoms with van der Waals surface area (Å²) in [5, 5.41) is 4.18. The van der Waals surface area contributed by atoms with Crippen LogP contribution in [0.1, 0.15) is 11.1 Å². The second kappa shape index (κ2) is 7.84. The van der Waals surface area contributed by atoms with Crippen LogP contribution in [0.25, 0.3) is 0 Å². The number of hydrazone groups is 1. The van der Waals surface area contributed by atoms with E-state index in [9.17, 15) is 8.42 Å². The summed E-state index contributed by atoms with van der Waals surface area (Å²) in [6.45, 7) is 1.91. The van der Waals surface area contributed by atoms with Crippen LogP contribution < -0.4 is 10.1 Å². The number of para-hydroxylation sites is 2. The number of nitrogens with one attached hydrogen (secondary N) is 2. The molecule has 0 aliphatic heterocycles. The Morgan fingerprint density at radius 2 is 1.50 bits per heavy atom. The Labute approximate surface area is 153 Å². The van der Waals surface area contributed by atoms with Crippen molar-refractivity contribution >= 4 is 27.6 Å². The Morgan fingerprint density at radius 3 is 2.23 bits per heavy atom. The van der Waals surface area contributed by atoms with Crippen molar-refractivity contribution in [1.82, 2.24) is 0 Å². The van der Waals surface area contributed by atoms with E-state index >= 15 is 0 Å². The number of hydrogen-bond donors (Lipinski definition) is 2. The molecule has 26 heavy (non-hydrogen) atoms. The highest BCUT2D eigenvalue weighted by Gasteiger charge is 2.15. The van der Waals surface area contributed by atoms with Crippen molar-refractivity contribution in [2.45, 2.75) is 11.8 Å². The van der Waals surface area contributed by atoms with Gasteiger partial charge in [-0.25, -0.2) is 8.42 Å². The Hall–Kier alpha value is -3.12. The van der Waals surface area contributed by atoms with E-state index in [1.54, 1.807) is 48.7 Å². The van der Waals surface area contributed by atoms with Gasteiger partial charge in [0.1, 0.15) is 0 Å². The van der Waals surface area contributed by atoms with E-state index in [2.05, 4.69) is 15.2 Å². The van der Waals surface area contributed by atoms with Crippen molar-refractivity contribution in [2.24, 2.45) is 5.10 Å². The summed E-state index contributed by atoms with van der Waals surface area (Å²) in [6.07, 6.45) is 1.58. The minimum absolute atomic E-state index is 0.220. The van der Waals surface area contributed by atoms with E-state index in [0.29, 0.717) is 11.3 Å². The van der Waals surface area contributed by atoms with Crippen LogP contribution in [0.2, 0.25) is 0 Å². The third-order valence-corrected chi connectivity index (χ3v) is 5.09. The predicted octanol–water partition coefficient (Wildman–Crippen LogP) is 4.24. The van der Waals surface area contributed by atoms with Crippen molar-refractivity contribution in [2.75, 3.05) is 10.1 Å². The van der Waals surface area contributed by atoms with Gasteiger partial charge in [0.05, 0.1) is 22.5 Å². The van der Waals surface area contributed by atoms with Crippen LogP contribution in [0.3, 0.4) is 0 Å². The van der Waals surface area contributed by atoms with Crippen LogP contribution in [-0.2, 0) is 10.0 Å². The van der Waals surface area contributed by atoms with Gasteiger partial charge in [-0.1, -0.05) is 54.1 Å². The topological polar surface area (TPSA) is 70.6 Å². The lowest BCUT2D eigenvalue weighted by atomic mass is 10.2. The SMILES string of the molecule is Cc1ccc(S(=O)(=O)Nc2ccccc2/C=N/Nc2ccccc2)cc1. The number of benzene rings is 3. The lowest BCUT2D eigenvalue weighted by Crippen LogP contribution is -2.14. The van der Waals surface area contributed by atoms with Crippen LogP contribution in [0, 0.1) is 6.92 Å². The molecule has 0 fully saturated rings. The lowest BCUT2D eigenvalue weighted by molar-refractivity contribution is 0.601. The average Bonchev–Trinajstić information content (AvgIpc) is 2.64. The standard InChI is InChI=1S/C20H19N3O2S/c1-16-11-13-19(14-12-16)26(24,25)23-20-10-6-5-7-17(20)15-21-22-18-8-3-2-4-9-18/h2-15,22-23H,1H3/b21-15+. The van der Waals surface area contributed by atoms with Crippen LogP contribution >= 0.6 is 0 Å². The summed E-state index contributed by atoms with van der Waals surface area (Å²) in [5.41, 5.74) is 5.89. The van der Waals surface area contributed by atoms with E-state index in [0.717, 1.165) is 11.3 Å². The molecule has 0 aliphatic rings. The first-order valence-electron chi connectivity index (χ1n) is 8.07. The Balaban J connectivity index is 1.79. The molecular formula is C20H19N3O2S. The van der Waals surface area contributed by atoms with Crippen molar-refractivity contribution in [3.63, 3.8) is 0 Å². The van der Waals surface area contributed by atoms with Crippen LogP contribution in [0.4, 0.5) is 11.4 Å². The average molecular weight is 365 g/mol. The number of anilines is 2. The number of sulfonamides is 1. The molecule has 0 atom stereocenters. The van der Waals surface area contributed by atoms with Crippen molar-refractivity contribution in [3.05, 3.63) is 90.0 Å². The Bertz CT molecular complexity index is 999. The number of aryl methyl sites for hydroxylation is 1. The molecule has 5 nitrogen and oxygen atoms in total. The molecule has 132 valence electrons. The molecule has 0 radical (unpaired) electrons. The molecule has 3 aromatic rings. The predicted molar refractivity (Wildman–Crippen MR) is 106 cm³/mol. The molecule has 3 rings (SSSR count). The summed E-state index contributed by atoms with van der Waals surface area (Å²) in [5.74, 6) is 0.